The Morgan fingerprint density at radius 2 is 2.04 bits per heavy atom. The first-order chi connectivity index (χ1) is 11.5. The normalized spacial score (nSPS) is 11.1. The van der Waals surface area contributed by atoms with Gasteiger partial charge < -0.3 is 0 Å². The summed E-state index contributed by atoms with van der Waals surface area (Å²) in [7, 11) is 0. The molecule has 0 spiro atoms. The summed E-state index contributed by atoms with van der Waals surface area (Å²) in [6, 6.07) is 10.2. The summed E-state index contributed by atoms with van der Waals surface area (Å²) in [5, 5.41) is 11.6. The number of carbonyl (C=O) groups excluding carboxylic acids is 1. The molecule has 2 heterocycles. The molecule has 0 aliphatic heterocycles. The number of amides is 1. The molecule has 0 atom stereocenters. The summed E-state index contributed by atoms with van der Waals surface area (Å²) >= 11 is 19.1. The third-order valence-corrected chi connectivity index (χ3v) is 4.81. The Hall–Kier alpha value is -1.86. The van der Waals surface area contributed by atoms with Crippen molar-refractivity contribution in [3.05, 3.63) is 62.0 Å². The van der Waals surface area contributed by atoms with Gasteiger partial charge in [-0.05, 0) is 30.3 Å². The zero-order valence-electron chi connectivity index (χ0n) is 11.9. The molecule has 5 nitrogen and oxygen atoms in total. The van der Waals surface area contributed by atoms with Crippen LogP contribution in [0.25, 0.3) is 10.6 Å². The average molecular weight is 400 g/mol. The molecule has 0 saturated heterocycles. The summed E-state index contributed by atoms with van der Waals surface area (Å²) < 4.78 is 0.662. The van der Waals surface area contributed by atoms with E-state index in [1.54, 1.807) is 30.3 Å². The van der Waals surface area contributed by atoms with Gasteiger partial charge in [0.2, 0.25) is 0 Å². The van der Waals surface area contributed by atoms with Crippen molar-refractivity contribution in [2.24, 2.45) is 5.10 Å². The van der Waals surface area contributed by atoms with Crippen LogP contribution >= 0.6 is 46.1 Å². The van der Waals surface area contributed by atoms with Crippen molar-refractivity contribution in [2.75, 3.05) is 0 Å². The minimum Gasteiger partial charge on any atom is -0.276 e. The molecule has 9 heteroatoms. The van der Waals surface area contributed by atoms with Gasteiger partial charge in [0.05, 0.1) is 26.1 Å². The first-order valence-corrected chi connectivity index (χ1v) is 8.57. The maximum Gasteiger partial charge on any atom is 0.291 e. The topological polar surface area (TPSA) is 70.1 Å². The quantitative estimate of drug-likeness (QED) is 0.486. The SMILES string of the molecule is O=C(N/N=C\c1ccc(Cl)cc1Cl)c1cc(-c2ccc(Cl)s2)[nH]n1. The Morgan fingerprint density at radius 1 is 1.21 bits per heavy atom. The number of hydrogen-bond donors (Lipinski definition) is 2. The molecule has 3 rings (SSSR count). The molecule has 0 aliphatic carbocycles. The van der Waals surface area contributed by atoms with Gasteiger partial charge in [-0.1, -0.05) is 40.9 Å². The van der Waals surface area contributed by atoms with Gasteiger partial charge in [0.15, 0.2) is 5.69 Å². The largest absolute Gasteiger partial charge is 0.291 e. The van der Waals surface area contributed by atoms with Crippen molar-refractivity contribution >= 4 is 58.3 Å². The van der Waals surface area contributed by atoms with Crippen LogP contribution in [0.4, 0.5) is 0 Å². The molecule has 2 aromatic heterocycles. The molecule has 0 saturated carbocycles. The first kappa shape index (κ1) is 17.0. The fourth-order valence-corrected chi connectivity index (χ4v) is 3.31. The summed E-state index contributed by atoms with van der Waals surface area (Å²) in [5.74, 6) is -0.443. The Balaban J connectivity index is 1.67. The number of hydrazone groups is 1. The highest BCUT2D eigenvalue weighted by molar-refractivity contribution is 7.19. The Morgan fingerprint density at radius 3 is 2.75 bits per heavy atom. The van der Waals surface area contributed by atoms with Crippen molar-refractivity contribution in [3.8, 4) is 10.6 Å². The fourth-order valence-electron chi connectivity index (χ4n) is 1.85. The van der Waals surface area contributed by atoms with E-state index in [4.69, 9.17) is 34.8 Å². The number of benzene rings is 1. The monoisotopic (exact) mass is 398 g/mol. The third kappa shape index (κ3) is 3.96. The maximum absolute atomic E-state index is 12.0. The lowest BCUT2D eigenvalue weighted by atomic mass is 10.2. The second-order valence-corrected chi connectivity index (χ2v) is 7.19. The van der Waals surface area contributed by atoms with Crippen molar-refractivity contribution in [3.63, 3.8) is 0 Å². The van der Waals surface area contributed by atoms with Crippen LogP contribution in [0.15, 0.2) is 41.5 Å². The van der Waals surface area contributed by atoms with E-state index in [2.05, 4.69) is 20.7 Å². The highest BCUT2D eigenvalue weighted by atomic mass is 35.5. The number of hydrogen-bond acceptors (Lipinski definition) is 4. The number of H-pyrrole nitrogens is 1. The molecule has 24 heavy (non-hydrogen) atoms. The zero-order valence-corrected chi connectivity index (χ0v) is 15.0. The van der Waals surface area contributed by atoms with Gasteiger partial charge in [-0.2, -0.15) is 10.2 Å². The highest BCUT2D eigenvalue weighted by Gasteiger charge is 2.12. The lowest BCUT2D eigenvalue weighted by Gasteiger charge is -1.98. The first-order valence-electron chi connectivity index (χ1n) is 6.62. The van der Waals surface area contributed by atoms with Gasteiger partial charge >= 0.3 is 0 Å². The van der Waals surface area contributed by atoms with Crippen LogP contribution in [-0.4, -0.2) is 22.3 Å². The van der Waals surface area contributed by atoms with Crippen LogP contribution in [0.1, 0.15) is 16.1 Å². The highest BCUT2D eigenvalue weighted by Crippen LogP contribution is 2.29. The summed E-state index contributed by atoms with van der Waals surface area (Å²) in [6.07, 6.45) is 1.43. The lowest BCUT2D eigenvalue weighted by molar-refractivity contribution is 0.0950. The minimum absolute atomic E-state index is 0.217. The van der Waals surface area contributed by atoms with E-state index in [1.165, 1.54) is 17.6 Å². The van der Waals surface area contributed by atoms with Crippen LogP contribution in [-0.2, 0) is 0 Å². The molecular weight excluding hydrogens is 391 g/mol. The van der Waals surface area contributed by atoms with Gasteiger partial charge in [-0.25, -0.2) is 5.43 Å². The van der Waals surface area contributed by atoms with E-state index in [0.717, 1.165) is 4.88 Å². The molecule has 1 amide bonds. The van der Waals surface area contributed by atoms with Gasteiger partial charge in [0.25, 0.3) is 5.91 Å². The van der Waals surface area contributed by atoms with Crippen LogP contribution in [0, 0.1) is 0 Å². The van der Waals surface area contributed by atoms with E-state index in [9.17, 15) is 4.79 Å². The van der Waals surface area contributed by atoms with Crippen molar-refractivity contribution < 1.29 is 4.79 Å². The standard InChI is InChI=1S/C15H9Cl3N4OS/c16-9-2-1-8(10(17)5-9)7-19-22-15(23)12-6-11(20-21-12)13-3-4-14(18)24-13/h1-7H,(H,20,21)(H,22,23)/b19-7-. The molecule has 2 N–H and O–H groups in total. The van der Waals surface area contributed by atoms with Crippen LogP contribution in [0.5, 0.6) is 0 Å². The Kier molecular flexibility index (Phi) is 5.20. The number of halogens is 3. The Labute approximate surface area is 156 Å². The molecule has 0 unspecified atom stereocenters. The number of rotatable bonds is 4. The number of thiophene rings is 1. The smallest absolute Gasteiger partial charge is 0.276 e. The van der Waals surface area contributed by atoms with E-state index < -0.39 is 5.91 Å². The van der Waals surface area contributed by atoms with Crippen molar-refractivity contribution in [1.29, 1.82) is 0 Å². The predicted molar refractivity (Wildman–Crippen MR) is 98.4 cm³/mol. The summed E-state index contributed by atoms with van der Waals surface area (Å²) in [4.78, 5) is 12.9. The van der Waals surface area contributed by atoms with Crippen LogP contribution < -0.4 is 5.43 Å². The number of nitrogens with one attached hydrogen (secondary N) is 2. The minimum atomic E-state index is -0.443. The average Bonchev–Trinajstić information content (AvgIpc) is 3.18. The number of nitrogens with zero attached hydrogens (tertiary/aromatic N) is 2. The molecular formula is C15H9Cl3N4OS. The summed E-state index contributed by atoms with van der Waals surface area (Å²) in [6.45, 7) is 0. The van der Waals surface area contributed by atoms with E-state index >= 15 is 0 Å². The Bertz CT molecular complexity index is 919. The second-order valence-electron chi connectivity index (χ2n) is 4.64. The van der Waals surface area contributed by atoms with E-state index in [-0.39, 0.29) is 5.69 Å². The third-order valence-electron chi connectivity index (χ3n) is 2.98. The molecule has 0 fully saturated rings. The second kappa shape index (κ2) is 7.36. The number of aromatic nitrogens is 2. The number of aromatic amines is 1. The summed E-state index contributed by atoms with van der Waals surface area (Å²) in [5.41, 5.74) is 3.96. The van der Waals surface area contributed by atoms with Gasteiger partial charge in [0, 0.05) is 10.6 Å². The molecule has 0 bridgehead atoms. The molecule has 0 aliphatic rings. The van der Waals surface area contributed by atoms with Crippen molar-refractivity contribution in [1.82, 2.24) is 15.6 Å². The van der Waals surface area contributed by atoms with Gasteiger partial charge in [-0.15, -0.1) is 11.3 Å². The molecule has 0 radical (unpaired) electrons. The molecule has 1 aromatic carbocycles. The predicted octanol–water partition coefficient (Wildman–Crippen LogP) is 4.86. The fraction of sp³-hybridized carbons (Fsp3) is 0. The van der Waals surface area contributed by atoms with Crippen molar-refractivity contribution in [2.45, 2.75) is 0 Å². The van der Waals surface area contributed by atoms with E-state index in [1.807, 2.05) is 6.07 Å². The zero-order chi connectivity index (χ0) is 17.1. The number of carbonyl (C=O) groups is 1. The maximum atomic E-state index is 12.0. The van der Waals surface area contributed by atoms with E-state index in [0.29, 0.717) is 25.6 Å². The van der Waals surface area contributed by atoms with Gasteiger partial charge in [0.1, 0.15) is 0 Å². The van der Waals surface area contributed by atoms with Crippen LogP contribution in [0.2, 0.25) is 14.4 Å². The van der Waals surface area contributed by atoms with Gasteiger partial charge in [-0.3, -0.25) is 9.89 Å². The van der Waals surface area contributed by atoms with Crippen LogP contribution in [0.3, 0.4) is 0 Å². The molecule has 122 valence electrons. The lowest BCUT2D eigenvalue weighted by Crippen LogP contribution is -2.18. The molecule has 3 aromatic rings.